The molecule has 3 aromatic rings. The van der Waals surface area contributed by atoms with E-state index in [2.05, 4.69) is 15.3 Å². The van der Waals surface area contributed by atoms with Crippen LogP contribution in [0.2, 0.25) is 0 Å². The van der Waals surface area contributed by atoms with Crippen LogP contribution in [0.3, 0.4) is 0 Å². The van der Waals surface area contributed by atoms with Gasteiger partial charge in [-0.15, -0.1) is 0 Å². The SMILES string of the molecule is COc1cccc(/C=N/n2c(-c3ccccc3)n[nH]c2=S)c1OC. The number of methoxy groups -OCH3 is 2. The van der Waals surface area contributed by atoms with Gasteiger partial charge in [0.1, 0.15) is 0 Å². The van der Waals surface area contributed by atoms with E-state index in [0.717, 1.165) is 11.1 Å². The summed E-state index contributed by atoms with van der Waals surface area (Å²) < 4.78 is 12.7. The lowest BCUT2D eigenvalue weighted by Gasteiger charge is -2.09. The number of aromatic nitrogens is 3. The van der Waals surface area contributed by atoms with Gasteiger partial charge in [-0.3, -0.25) is 0 Å². The number of aromatic amines is 1. The van der Waals surface area contributed by atoms with Crippen molar-refractivity contribution < 1.29 is 9.47 Å². The minimum atomic E-state index is 0.409. The Morgan fingerprint density at radius 2 is 1.88 bits per heavy atom. The van der Waals surface area contributed by atoms with Crippen LogP contribution in [0, 0.1) is 4.77 Å². The molecule has 122 valence electrons. The minimum absolute atomic E-state index is 0.409. The second kappa shape index (κ2) is 7.10. The van der Waals surface area contributed by atoms with Crippen LogP contribution in [0.15, 0.2) is 53.6 Å². The molecule has 0 saturated heterocycles. The first-order valence-corrected chi connectivity index (χ1v) is 7.63. The number of hydrogen-bond acceptors (Lipinski definition) is 5. The van der Waals surface area contributed by atoms with Gasteiger partial charge in [-0.25, -0.2) is 5.10 Å². The van der Waals surface area contributed by atoms with Gasteiger partial charge >= 0.3 is 0 Å². The van der Waals surface area contributed by atoms with Gasteiger partial charge in [0.2, 0.25) is 4.77 Å². The van der Waals surface area contributed by atoms with E-state index in [1.54, 1.807) is 25.1 Å². The molecule has 6 nitrogen and oxygen atoms in total. The summed E-state index contributed by atoms with van der Waals surface area (Å²) in [6, 6.07) is 15.3. The van der Waals surface area contributed by atoms with Crippen LogP contribution in [0.1, 0.15) is 5.56 Å². The average Bonchev–Trinajstić information content (AvgIpc) is 3.00. The Morgan fingerprint density at radius 3 is 2.58 bits per heavy atom. The number of H-pyrrole nitrogens is 1. The number of rotatable bonds is 5. The number of benzene rings is 2. The van der Waals surface area contributed by atoms with Crippen molar-refractivity contribution in [2.45, 2.75) is 0 Å². The summed E-state index contributed by atoms with van der Waals surface area (Å²) in [4.78, 5) is 0. The van der Waals surface area contributed by atoms with Crippen LogP contribution in [-0.4, -0.2) is 35.3 Å². The molecule has 3 rings (SSSR count). The summed E-state index contributed by atoms with van der Waals surface area (Å²) in [5.41, 5.74) is 1.69. The fourth-order valence-corrected chi connectivity index (χ4v) is 2.49. The smallest absolute Gasteiger partial charge is 0.216 e. The Labute approximate surface area is 144 Å². The third-order valence-corrected chi connectivity index (χ3v) is 3.69. The summed E-state index contributed by atoms with van der Waals surface area (Å²) in [6.07, 6.45) is 1.67. The highest BCUT2D eigenvalue weighted by molar-refractivity contribution is 7.71. The fraction of sp³-hybridized carbons (Fsp3) is 0.118. The van der Waals surface area contributed by atoms with Gasteiger partial charge in [-0.05, 0) is 24.4 Å². The van der Waals surface area contributed by atoms with E-state index in [4.69, 9.17) is 21.7 Å². The van der Waals surface area contributed by atoms with Crippen LogP contribution in [0.4, 0.5) is 0 Å². The number of nitrogens with zero attached hydrogens (tertiary/aromatic N) is 3. The molecule has 0 unspecified atom stereocenters. The Kier molecular flexibility index (Phi) is 4.72. The third-order valence-electron chi connectivity index (χ3n) is 3.43. The average molecular weight is 340 g/mol. The zero-order chi connectivity index (χ0) is 16.9. The Hall–Kier alpha value is -2.93. The Balaban J connectivity index is 2.03. The van der Waals surface area contributed by atoms with Gasteiger partial charge < -0.3 is 9.47 Å². The molecule has 0 saturated carbocycles. The van der Waals surface area contributed by atoms with Crippen molar-refractivity contribution in [1.82, 2.24) is 14.9 Å². The standard InChI is InChI=1S/C17H16N4O2S/c1-22-14-10-6-9-13(15(14)23-2)11-18-21-16(19-20-17(21)24)12-7-4-3-5-8-12/h3-11H,1-2H3,(H,20,24)/b18-11+. The van der Waals surface area contributed by atoms with Gasteiger partial charge in [0.15, 0.2) is 17.3 Å². The van der Waals surface area contributed by atoms with Crippen molar-refractivity contribution in [1.29, 1.82) is 0 Å². The molecule has 0 aliphatic carbocycles. The highest BCUT2D eigenvalue weighted by Gasteiger charge is 2.10. The van der Waals surface area contributed by atoms with Crippen molar-refractivity contribution in [2.75, 3.05) is 14.2 Å². The zero-order valence-electron chi connectivity index (χ0n) is 13.3. The first kappa shape index (κ1) is 15.9. The van der Waals surface area contributed by atoms with E-state index >= 15 is 0 Å². The number of para-hydroxylation sites is 1. The van der Waals surface area contributed by atoms with E-state index in [1.165, 1.54) is 0 Å². The lowest BCUT2D eigenvalue weighted by molar-refractivity contribution is 0.354. The monoisotopic (exact) mass is 340 g/mol. The topological polar surface area (TPSA) is 64.4 Å². The summed E-state index contributed by atoms with van der Waals surface area (Å²) in [5.74, 6) is 1.89. The highest BCUT2D eigenvalue weighted by atomic mass is 32.1. The molecule has 0 aliphatic rings. The van der Waals surface area contributed by atoms with Crippen LogP contribution in [0.25, 0.3) is 11.4 Å². The van der Waals surface area contributed by atoms with E-state index in [0.29, 0.717) is 22.1 Å². The summed E-state index contributed by atoms with van der Waals surface area (Å²) in [7, 11) is 3.19. The van der Waals surface area contributed by atoms with Gasteiger partial charge in [0.25, 0.3) is 0 Å². The largest absolute Gasteiger partial charge is 0.493 e. The second-order valence-corrected chi connectivity index (χ2v) is 5.24. The predicted octanol–water partition coefficient (Wildman–Crippen LogP) is 3.51. The quantitative estimate of drug-likeness (QED) is 0.570. The van der Waals surface area contributed by atoms with Gasteiger partial charge in [-0.1, -0.05) is 36.4 Å². The van der Waals surface area contributed by atoms with Crippen molar-refractivity contribution in [3.8, 4) is 22.9 Å². The molecule has 24 heavy (non-hydrogen) atoms. The maximum Gasteiger partial charge on any atom is 0.216 e. The van der Waals surface area contributed by atoms with E-state index in [9.17, 15) is 0 Å². The maximum absolute atomic E-state index is 5.41. The van der Waals surface area contributed by atoms with Crippen LogP contribution in [0.5, 0.6) is 11.5 Å². The van der Waals surface area contributed by atoms with Crippen molar-refractivity contribution in [3.05, 3.63) is 58.9 Å². The lowest BCUT2D eigenvalue weighted by atomic mass is 10.2. The molecular weight excluding hydrogens is 324 g/mol. The molecule has 1 N–H and O–H groups in total. The molecule has 0 atom stereocenters. The Bertz CT molecular complexity index is 916. The van der Waals surface area contributed by atoms with Crippen molar-refractivity contribution in [2.24, 2.45) is 5.10 Å². The first-order valence-electron chi connectivity index (χ1n) is 7.22. The molecular formula is C17H16N4O2S. The van der Waals surface area contributed by atoms with Gasteiger partial charge in [0.05, 0.1) is 20.4 Å². The number of ether oxygens (including phenoxy) is 2. The summed E-state index contributed by atoms with van der Waals surface area (Å²) in [5, 5.41) is 11.5. The third kappa shape index (κ3) is 3.07. The number of nitrogens with one attached hydrogen (secondary N) is 1. The van der Waals surface area contributed by atoms with Crippen molar-refractivity contribution >= 4 is 18.4 Å². The van der Waals surface area contributed by atoms with Gasteiger partial charge in [0, 0.05) is 11.1 Å². The molecule has 0 spiro atoms. The fourth-order valence-electron chi connectivity index (χ4n) is 2.31. The maximum atomic E-state index is 5.41. The molecule has 0 radical (unpaired) electrons. The lowest BCUT2D eigenvalue weighted by Crippen LogP contribution is -1.98. The first-order chi connectivity index (χ1) is 11.7. The van der Waals surface area contributed by atoms with E-state index < -0.39 is 0 Å². The molecule has 1 aromatic heterocycles. The molecule has 0 fully saturated rings. The number of hydrogen-bond donors (Lipinski definition) is 1. The van der Waals surface area contributed by atoms with E-state index in [1.807, 2.05) is 48.5 Å². The summed E-state index contributed by atoms with van der Waals surface area (Å²) in [6.45, 7) is 0. The van der Waals surface area contributed by atoms with Crippen LogP contribution < -0.4 is 9.47 Å². The second-order valence-electron chi connectivity index (χ2n) is 4.86. The summed E-state index contributed by atoms with van der Waals surface area (Å²) >= 11 is 5.27. The highest BCUT2D eigenvalue weighted by Crippen LogP contribution is 2.29. The zero-order valence-corrected chi connectivity index (χ0v) is 14.1. The molecule has 1 heterocycles. The molecule has 0 aliphatic heterocycles. The molecule has 2 aromatic carbocycles. The van der Waals surface area contributed by atoms with Crippen molar-refractivity contribution in [3.63, 3.8) is 0 Å². The Morgan fingerprint density at radius 1 is 1.08 bits per heavy atom. The van der Waals surface area contributed by atoms with E-state index in [-0.39, 0.29) is 0 Å². The van der Waals surface area contributed by atoms with Crippen LogP contribution >= 0.6 is 12.2 Å². The van der Waals surface area contributed by atoms with Gasteiger partial charge in [-0.2, -0.15) is 14.9 Å². The molecule has 0 bridgehead atoms. The van der Waals surface area contributed by atoms with Crippen LogP contribution in [-0.2, 0) is 0 Å². The molecule has 7 heteroatoms. The minimum Gasteiger partial charge on any atom is -0.493 e. The molecule has 0 amide bonds. The predicted molar refractivity (Wildman–Crippen MR) is 95.4 cm³/mol. The normalized spacial score (nSPS) is 10.9.